The van der Waals surface area contributed by atoms with Crippen LogP contribution in [0.15, 0.2) is 115 Å². The van der Waals surface area contributed by atoms with Gasteiger partial charge in [-0.1, -0.05) is 91.0 Å². The van der Waals surface area contributed by atoms with Crippen molar-refractivity contribution in [3.05, 3.63) is 143 Å². The quantitative estimate of drug-likeness (QED) is 0.263. The molecular formula is C35H35N3O5. The van der Waals surface area contributed by atoms with Crippen molar-refractivity contribution >= 4 is 17.8 Å². The van der Waals surface area contributed by atoms with E-state index in [2.05, 4.69) is 34.5 Å². The van der Waals surface area contributed by atoms with Gasteiger partial charge in [-0.3, -0.25) is 14.5 Å². The second-order valence-electron chi connectivity index (χ2n) is 10.7. The predicted octanol–water partition coefficient (Wildman–Crippen LogP) is 4.02. The number of rotatable bonds is 10. The molecule has 2 atom stereocenters. The van der Waals surface area contributed by atoms with E-state index in [0.717, 1.165) is 18.7 Å². The first-order valence-corrected chi connectivity index (χ1v) is 14.4. The van der Waals surface area contributed by atoms with Crippen LogP contribution in [0.25, 0.3) is 0 Å². The van der Waals surface area contributed by atoms with Gasteiger partial charge >= 0.3 is 5.97 Å². The van der Waals surface area contributed by atoms with Crippen LogP contribution in [0.3, 0.4) is 0 Å². The zero-order valence-electron chi connectivity index (χ0n) is 23.8. The Kier molecular flexibility index (Phi) is 9.61. The molecule has 1 heterocycles. The predicted molar refractivity (Wildman–Crippen MR) is 164 cm³/mol. The van der Waals surface area contributed by atoms with Crippen molar-refractivity contribution in [1.82, 2.24) is 15.1 Å². The number of piperazine rings is 1. The number of aliphatic hydroxyl groups excluding tert-OH is 1. The van der Waals surface area contributed by atoms with Gasteiger partial charge in [-0.25, -0.2) is 4.79 Å². The summed E-state index contributed by atoms with van der Waals surface area (Å²) in [6.45, 7) is 2.59. The molecular weight excluding hydrogens is 542 g/mol. The molecule has 8 nitrogen and oxygen atoms in total. The lowest BCUT2D eigenvalue weighted by molar-refractivity contribution is -0.148. The zero-order chi connectivity index (χ0) is 30.2. The van der Waals surface area contributed by atoms with Crippen LogP contribution in [-0.2, 0) is 11.2 Å². The minimum Gasteiger partial charge on any atom is -0.479 e. The molecule has 4 aromatic rings. The number of aliphatic hydroxyl groups is 1. The number of hydrogen-bond acceptors (Lipinski definition) is 5. The summed E-state index contributed by atoms with van der Waals surface area (Å²) in [5.74, 6) is -2.05. The van der Waals surface area contributed by atoms with E-state index in [1.165, 1.54) is 11.1 Å². The molecule has 0 bridgehead atoms. The standard InChI is InChI=1S/C35H35N3O5/c39-32(35(42)43)30(24-25-10-4-1-5-11-25)36-33(40)28-16-18-29(19-17-28)34(41)38-22-20-37(21-23-38)31(26-12-6-2-7-13-26)27-14-8-3-9-15-27/h1-19,30-32,39H,20-24H2,(H,36,40)(H,42,43)/t30-,32+/m0/s1. The SMILES string of the molecule is O=C(N[C@@H](Cc1ccccc1)[C@@H](O)C(=O)O)c1ccc(C(=O)N2CCN(C(c3ccccc3)c3ccccc3)CC2)cc1. The van der Waals surface area contributed by atoms with Crippen molar-refractivity contribution in [2.75, 3.05) is 26.2 Å². The lowest BCUT2D eigenvalue weighted by Crippen LogP contribution is -2.49. The maximum absolute atomic E-state index is 13.4. The lowest BCUT2D eigenvalue weighted by Gasteiger charge is -2.39. The molecule has 0 saturated carbocycles. The van der Waals surface area contributed by atoms with Gasteiger partial charge in [0, 0.05) is 37.3 Å². The highest BCUT2D eigenvalue weighted by atomic mass is 16.4. The summed E-state index contributed by atoms with van der Waals surface area (Å²) in [7, 11) is 0. The number of nitrogens with one attached hydrogen (secondary N) is 1. The van der Waals surface area contributed by atoms with Gasteiger partial charge in [-0.15, -0.1) is 0 Å². The first-order valence-electron chi connectivity index (χ1n) is 14.4. The van der Waals surface area contributed by atoms with Crippen molar-refractivity contribution in [2.24, 2.45) is 0 Å². The maximum Gasteiger partial charge on any atom is 0.334 e. The van der Waals surface area contributed by atoms with Crippen LogP contribution in [0.4, 0.5) is 0 Å². The highest BCUT2D eigenvalue weighted by Gasteiger charge is 2.30. The molecule has 2 amide bonds. The molecule has 1 aliphatic heterocycles. The summed E-state index contributed by atoms with van der Waals surface area (Å²) in [6.07, 6.45) is -1.62. The van der Waals surface area contributed by atoms with Gasteiger partial charge in [0.2, 0.25) is 0 Å². The first-order chi connectivity index (χ1) is 20.9. The number of carboxylic acids is 1. The van der Waals surface area contributed by atoms with Crippen LogP contribution in [-0.4, -0.2) is 76.1 Å². The maximum atomic E-state index is 13.4. The van der Waals surface area contributed by atoms with E-state index in [0.29, 0.717) is 18.7 Å². The summed E-state index contributed by atoms with van der Waals surface area (Å²) in [4.78, 5) is 42.0. The molecule has 0 spiro atoms. The van der Waals surface area contributed by atoms with Crippen molar-refractivity contribution in [3.8, 4) is 0 Å². The Morgan fingerprint density at radius 3 is 1.67 bits per heavy atom. The van der Waals surface area contributed by atoms with Gasteiger partial charge in [-0.2, -0.15) is 0 Å². The topological polar surface area (TPSA) is 110 Å². The van der Waals surface area contributed by atoms with Crippen LogP contribution in [0.1, 0.15) is 43.4 Å². The van der Waals surface area contributed by atoms with Gasteiger partial charge in [0.15, 0.2) is 6.10 Å². The minimum absolute atomic E-state index is 0.0998. The Labute approximate surface area is 251 Å². The molecule has 1 aliphatic rings. The zero-order valence-corrected chi connectivity index (χ0v) is 23.8. The van der Waals surface area contributed by atoms with Crippen LogP contribution in [0, 0.1) is 0 Å². The molecule has 220 valence electrons. The monoisotopic (exact) mass is 577 g/mol. The van der Waals surface area contributed by atoms with E-state index in [9.17, 15) is 24.6 Å². The number of carbonyl (C=O) groups excluding carboxylic acids is 2. The summed E-state index contributed by atoms with van der Waals surface area (Å²) in [5, 5.41) is 22.2. The Bertz CT molecular complexity index is 1470. The van der Waals surface area contributed by atoms with Crippen LogP contribution in [0.5, 0.6) is 0 Å². The number of carbonyl (C=O) groups is 3. The highest BCUT2D eigenvalue weighted by molar-refractivity contribution is 5.98. The van der Waals surface area contributed by atoms with E-state index in [1.807, 2.05) is 59.5 Å². The third-order valence-electron chi connectivity index (χ3n) is 7.84. The summed E-state index contributed by atoms with van der Waals surface area (Å²) < 4.78 is 0. The Morgan fingerprint density at radius 1 is 0.674 bits per heavy atom. The molecule has 43 heavy (non-hydrogen) atoms. The van der Waals surface area contributed by atoms with Crippen LogP contribution in [0.2, 0.25) is 0 Å². The molecule has 8 heteroatoms. The van der Waals surface area contributed by atoms with Crippen molar-refractivity contribution in [1.29, 1.82) is 0 Å². The van der Waals surface area contributed by atoms with Gasteiger partial charge in [0.05, 0.1) is 12.1 Å². The number of aliphatic carboxylic acids is 1. The fraction of sp³-hybridized carbons (Fsp3) is 0.229. The third kappa shape index (κ3) is 7.35. The van der Waals surface area contributed by atoms with Gasteiger partial charge in [0.25, 0.3) is 11.8 Å². The van der Waals surface area contributed by atoms with Crippen LogP contribution < -0.4 is 5.32 Å². The average molecular weight is 578 g/mol. The summed E-state index contributed by atoms with van der Waals surface area (Å²) in [5.41, 5.74) is 3.95. The first kappa shape index (κ1) is 29.7. The highest BCUT2D eigenvalue weighted by Crippen LogP contribution is 2.29. The largest absolute Gasteiger partial charge is 0.479 e. The normalized spacial score (nSPS) is 15.1. The van der Waals surface area contributed by atoms with E-state index >= 15 is 0 Å². The summed E-state index contributed by atoms with van der Waals surface area (Å²) in [6, 6.07) is 35.2. The fourth-order valence-corrected chi connectivity index (χ4v) is 5.55. The van der Waals surface area contributed by atoms with Gasteiger partial charge in [-0.05, 0) is 47.4 Å². The molecule has 4 aromatic carbocycles. The minimum atomic E-state index is -1.77. The summed E-state index contributed by atoms with van der Waals surface area (Å²) >= 11 is 0. The van der Waals surface area contributed by atoms with E-state index < -0.39 is 24.0 Å². The van der Waals surface area contributed by atoms with Crippen molar-refractivity contribution < 1.29 is 24.6 Å². The van der Waals surface area contributed by atoms with E-state index in [-0.39, 0.29) is 23.9 Å². The average Bonchev–Trinajstić information content (AvgIpc) is 3.06. The van der Waals surface area contributed by atoms with Crippen LogP contribution >= 0.6 is 0 Å². The third-order valence-corrected chi connectivity index (χ3v) is 7.84. The van der Waals surface area contributed by atoms with E-state index in [1.54, 1.807) is 36.4 Å². The second-order valence-corrected chi connectivity index (χ2v) is 10.7. The molecule has 1 fully saturated rings. The number of amides is 2. The van der Waals surface area contributed by atoms with Crippen molar-refractivity contribution in [3.63, 3.8) is 0 Å². The number of carboxylic acid groups (broad SMARTS) is 1. The number of benzene rings is 4. The van der Waals surface area contributed by atoms with Gasteiger partial charge in [0.1, 0.15) is 0 Å². The Balaban J connectivity index is 1.22. The van der Waals surface area contributed by atoms with E-state index in [4.69, 9.17) is 0 Å². The fourth-order valence-electron chi connectivity index (χ4n) is 5.55. The Hall–Kier alpha value is -4.79. The number of hydrogen-bond donors (Lipinski definition) is 3. The molecule has 0 radical (unpaired) electrons. The molecule has 3 N–H and O–H groups in total. The molecule has 1 saturated heterocycles. The smallest absolute Gasteiger partial charge is 0.334 e. The molecule has 0 unspecified atom stereocenters. The second kappa shape index (κ2) is 13.9. The number of nitrogens with zero attached hydrogens (tertiary/aromatic N) is 2. The molecule has 0 aromatic heterocycles. The molecule has 5 rings (SSSR count). The Morgan fingerprint density at radius 2 is 1.16 bits per heavy atom. The molecule has 0 aliphatic carbocycles. The lowest BCUT2D eigenvalue weighted by atomic mass is 9.96. The van der Waals surface area contributed by atoms with Gasteiger partial charge < -0.3 is 20.4 Å². The van der Waals surface area contributed by atoms with Crippen molar-refractivity contribution in [2.45, 2.75) is 24.6 Å².